The molecule has 5 nitrogen and oxygen atoms in total. The zero-order valence-electron chi connectivity index (χ0n) is 17.8. The van der Waals surface area contributed by atoms with Gasteiger partial charge in [-0.1, -0.05) is 35.9 Å². The molecule has 0 fully saturated rings. The molecule has 0 radical (unpaired) electrons. The molecule has 3 aromatic rings. The first-order valence-corrected chi connectivity index (χ1v) is 12.5. The van der Waals surface area contributed by atoms with E-state index in [1.165, 1.54) is 35.0 Å². The molecule has 0 saturated carbocycles. The van der Waals surface area contributed by atoms with Crippen molar-refractivity contribution in [3.05, 3.63) is 89.0 Å². The van der Waals surface area contributed by atoms with Crippen molar-refractivity contribution in [3.63, 3.8) is 0 Å². The van der Waals surface area contributed by atoms with Crippen LogP contribution in [-0.4, -0.2) is 20.1 Å². The Morgan fingerprint density at radius 1 is 0.839 bits per heavy atom. The highest BCUT2D eigenvalue weighted by molar-refractivity contribution is 7.99. The molecule has 0 heterocycles. The SMILES string of the molecule is Cc1ccc(CSCC(=O)Nc2ccc(S(=O)(=O)Nc3ccc(C)c(C)c3)cc2)cc1. The van der Waals surface area contributed by atoms with Crippen molar-refractivity contribution < 1.29 is 13.2 Å². The summed E-state index contributed by atoms with van der Waals surface area (Å²) in [6, 6.07) is 19.8. The molecule has 0 aliphatic rings. The van der Waals surface area contributed by atoms with Crippen LogP contribution in [0.5, 0.6) is 0 Å². The molecule has 1 amide bonds. The van der Waals surface area contributed by atoms with Crippen LogP contribution in [0.3, 0.4) is 0 Å². The maximum atomic E-state index is 12.6. The van der Waals surface area contributed by atoms with Gasteiger partial charge in [0, 0.05) is 17.1 Å². The number of thioether (sulfide) groups is 1. The molecule has 0 atom stereocenters. The number of hydrogen-bond donors (Lipinski definition) is 2. The number of nitrogens with one attached hydrogen (secondary N) is 2. The maximum Gasteiger partial charge on any atom is 0.261 e. The van der Waals surface area contributed by atoms with E-state index in [-0.39, 0.29) is 10.8 Å². The smallest absolute Gasteiger partial charge is 0.261 e. The van der Waals surface area contributed by atoms with E-state index in [2.05, 4.69) is 34.3 Å². The molecule has 7 heteroatoms. The first-order chi connectivity index (χ1) is 14.7. The van der Waals surface area contributed by atoms with Crippen LogP contribution in [0, 0.1) is 20.8 Å². The van der Waals surface area contributed by atoms with Crippen LogP contribution in [0.4, 0.5) is 11.4 Å². The molecule has 0 saturated heterocycles. The van der Waals surface area contributed by atoms with E-state index < -0.39 is 10.0 Å². The second kappa shape index (κ2) is 10.0. The van der Waals surface area contributed by atoms with Gasteiger partial charge in [-0.25, -0.2) is 8.42 Å². The second-order valence-corrected chi connectivity index (χ2v) is 10.1. The third-order valence-electron chi connectivity index (χ3n) is 4.83. The van der Waals surface area contributed by atoms with Crippen molar-refractivity contribution in [2.75, 3.05) is 15.8 Å². The molecule has 31 heavy (non-hydrogen) atoms. The molecule has 2 N–H and O–H groups in total. The summed E-state index contributed by atoms with van der Waals surface area (Å²) in [5.74, 6) is 0.957. The van der Waals surface area contributed by atoms with E-state index in [1.54, 1.807) is 24.3 Å². The Morgan fingerprint density at radius 2 is 1.48 bits per heavy atom. The van der Waals surface area contributed by atoms with Crippen LogP contribution in [0.1, 0.15) is 22.3 Å². The summed E-state index contributed by atoms with van der Waals surface area (Å²) in [6.45, 7) is 5.95. The number of benzene rings is 3. The van der Waals surface area contributed by atoms with Gasteiger partial charge in [-0.05, 0) is 73.9 Å². The van der Waals surface area contributed by atoms with E-state index in [9.17, 15) is 13.2 Å². The van der Waals surface area contributed by atoms with Crippen LogP contribution >= 0.6 is 11.8 Å². The number of carbonyl (C=O) groups excluding carboxylic acids is 1. The van der Waals surface area contributed by atoms with Gasteiger partial charge in [-0.15, -0.1) is 11.8 Å². The van der Waals surface area contributed by atoms with Gasteiger partial charge in [-0.2, -0.15) is 0 Å². The number of carbonyl (C=O) groups is 1. The van der Waals surface area contributed by atoms with Crippen molar-refractivity contribution in [2.24, 2.45) is 0 Å². The number of sulfonamides is 1. The Balaban J connectivity index is 1.54. The largest absolute Gasteiger partial charge is 0.325 e. The molecule has 0 bridgehead atoms. The summed E-state index contributed by atoms with van der Waals surface area (Å²) >= 11 is 1.53. The monoisotopic (exact) mass is 454 g/mol. The van der Waals surface area contributed by atoms with Gasteiger partial charge < -0.3 is 5.32 Å². The summed E-state index contributed by atoms with van der Waals surface area (Å²) in [6.07, 6.45) is 0. The lowest BCUT2D eigenvalue weighted by atomic mass is 10.1. The van der Waals surface area contributed by atoms with Crippen LogP contribution in [0.2, 0.25) is 0 Å². The zero-order valence-corrected chi connectivity index (χ0v) is 19.4. The van der Waals surface area contributed by atoms with Crippen LogP contribution in [0.15, 0.2) is 71.6 Å². The molecular formula is C24H26N2O3S2. The Hall–Kier alpha value is -2.77. The highest BCUT2D eigenvalue weighted by atomic mass is 32.2. The number of aryl methyl sites for hydroxylation is 3. The molecule has 0 unspecified atom stereocenters. The van der Waals surface area contributed by atoms with E-state index >= 15 is 0 Å². The lowest BCUT2D eigenvalue weighted by Crippen LogP contribution is -2.15. The maximum absolute atomic E-state index is 12.6. The summed E-state index contributed by atoms with van der Waals surface area (Å²) in [7, 11) is -3.70. The van der Waals surface area contributed by atoms with Crippen molar-refractivity contribution in [3.8, 4) is 0 Å². The molecule has 3 rings (SSSR count). The first kappa shape index (κ1) is 22.9. The molecule has 162 valence electrons. The summed E-state index contributed by atoms with van der Waals surface area (Å²) in [5, 5.41) is 2.80. The van der Waals surface area contributed by atoms with Crippen LogP contribution in [0.25, 0.3) is 0 Å². The van der Waals surface area contributed by atoms with Crippen LogP contribution < -0.4 is 10.0 Å². The summed E-state index contributed by atoms with van der Waals surface area (Å²) < 4.78 is 27.8. The number of amides is 1. The minimum Gasteiger partial charge on any atom is -0.325 e. The third kappa shape index (κ3) is 6.60. The molecule has 3 aromatic carbocycles. The second-order valence-electron chi connectivity index (χ2n) is 7.46. The molecule has 0 spiro atoms. The Bertz CT molecular complexity index is 1160. The molecule has 0 aliphatic heterocycles. The number of rotatable bonds is 8. The van der Waals surface area contributed by atoms with Gasteiger partial charge in [0.1, 0.15) is 0 Å². The average molecular weight is 455 g/mol. The van der Waals surface area contributed by atoms with Crippen molar-refractivity contribution in [1.82, 2.24) is 0 Å². The molecule has 0 aliphatic carbocycles. The van der Waals surface area contributed by atoms with Gasteiger partial charge >= 0.3 is 0 Å². The van der Waals surface area contributed by atoms with Crippen molar-refractivity contribution in [1.29, 1.82) is 0 Å². The highest BCUT2D eigenvalue weighted by Gasteiger charge is 2.15. The van der Waals surface area contributed by atoms with Crippen molar-refractivity contribution >= 4 is 39.1 Å². The molecule has 0 aromatic heterocycles. The Morgan fingerprint density at radius 3 is 2.13 bits per heavy atom. The predicted molar refractivity (Wildman–Crippen MR) is 129 cm³/mol. The number of anilines is 2. The fraction of sp³-hybridized carbons (Fsp3) is 0.208. The topological polar surface area (TPSA) is 75.3 Å². The van der Waals surface area contributed by atoms with E-state index in [4.69, 9.17) is 0 Å². The Kier molecular flexibility index (Phi) is 7.41. The fourth-order valence-corrected chi connectivity index (χ4v) is 4.72. The van der Waals surface area contributed by atoms with E-state index in [0.29, 0.717) is 17.1 Å². The van der Waals surface area contributed by atoms with Gasteiger partial charge in [0.15, 0.2) is 0 Å². The zero-order chi connectivity index (χ0) is 22.4. The lowest BCUT2D eigenvalue weighted by Gasteiger charge is -2.11. The van der Waals surface area contributed by atoms with E-state index in [1.807, 2.05) is 26.8 Å². The molecular weight excluding hydrogens is 428 g/mol. The van der Waals surface area contributed by atoms with Crippen molar-refractivity contribution in [2.45, 2.75) is 31.4 Å². The average Bonchev–Trinajstić information content (AvgIpc) is 2.72. The summed E-state index contributed by atoms with van der Waals surface area (Å²) in [4.78, 5) is 12.3. The van der Waals surface area contributed by atoms with Gasteiger partial charge in [0.05, 0.1) is 10.6 Å². The minimum absolute atomic E-state index is 0.124. The quantitative estimate of drug-likeness (QED) is 0.485. The standard InChI is InChI=1S/C24H26N2O3S2/c1-17-4-7-20(8-5-17)15-30-16-24(27)25-21-10-12-23(13-11-21)31(28,29)26-22-9-6-18(2)19(3)14-22/h4-14,26H,15-16H2,1-3H3,(H,25,27). The van der Waals surface area contributed by atoms with Gasteiger partial charge in [-0.3, -0.25) is 9.52 Å². The highest BCUT2D eigenvalue weighted by Crippen LogP contribution is 2.21. The van der Waals surface area contributed by atoms with E-state index in [0.717, 1.165) is 16.9 Å². The normalized spacial score (nSPS) is 11.2. The lowest BCUT2D eigenvalue weighted by molar-refractivity contribution is -0.113. The van der Waals surface area contributed by atoms with Crippen LogP contribution in [-0.2, 0) is 20.6 Å². The first-order valence-electron chi connectivity index (χ1n) is 9.86. The summed E-state index contributed by atoms with van der Waals surface area (Å²) in [5.41, 5.74) is 5.58. The number of hydrogen-bond acceptors (Lipinski definition) is 4. The van der Waals surface area contributed by atoms with Gasteiger partial charge in [0.25, 0.3) is 10.0 Å². The third-order valence-corrected chi connectivity index (χ3v) is 7.23. The Labute approximate surface area is 188 Å². The predicted octanol–water partition coefficient (Wildman–Crippen LogP) is 5.28. The minimum atomic E-state index is -3.70. The fourth-order valence-electron chi connectivity index (χ4n) is 2.88. The van der Waals surface area contributed by atoms with Gasteiger partial charge in [0.2, 0.25) is 5.91 Å².